The van der Waals surface area contributed by atoms with Crippen LogP contribution in [0.1, 0.15) is 15.9 Å². The highest BCUT2D eigenvalue weighted by atomic mass is 32.2. The van der Waals surface area contributed by atoms with Crippen LogP contribution in [0, 0.1) is 0 Å². The molecular weight excluding hydrogens is 412 g/mol. The van der Waals surface area contributed by atoms with Crippen LogP contribution in [-0.4, -0.2) is 46.5 Å². The van der Waals surface area contributed by atoms with Crippen molar-refractivity contribution in [3.8, 4) is 5.75 Å². The molecule has 2 aromatic rings. The van der Waals surface area contributed by atoms with Gasteiger partial charge in [-0.25, -0.2) is 13.1 Å². The summed E-state index contributed by atoms with van der Waals surface area (Å²) < 4.78 is 35.4. The summed E-state index contributed by atoms with van der Waals surface area (Å²) >= 11 is 0. The van der Waals surface area contributed by atoms with Gasteiger partial charge in [-0.1, -0.05) is 30.3 Å². The monoisotopic (exact) mass is 432 g/mol. The van der Waals surface area contributed by atoms with Crippen LogP contribution in [0.2, 0.25) is 0 Å². The molecule has 0 saturated carbocycles. The number of ether oxygens (including phenoxy) is 2. The molecule has 0 aliphatic carbocycles. The van der Waals surface area contributed by atoms with Crippen molar-refractivity contribution < 1.29 is 32.3 Å². The van der Waals surface area contributed by atoms with Crippen LogP contribution < -0.4 is 14.8 Å². The molecule has 2 rings (SSSR count). The zero-order valence-electron chi connectivity index (χ0n) is 16.0. The molecule has 0 radical (unpaired) electrons. The molecule has 0 unspecified atom stereocenters. The molecule has 2 amide bonds. The maximum Gasteiger partial charge on any atom is 0.321 e. The lowest BCUT2D eigenvalue weighted by molar-refractivity contribution is -0.147. The normalized spacial score (nSPS) is 11.1. The fraction of sp³-hybridized carbons (Fsp3) is 0.150. The van der Waals surface area contributed by atoms with Crippen molar-refractivity contribution >= 4 is 33.9 Å². The van der Waals surface area contributed by atoms with Gasteiger partial charge in [-0.15, -0.1) is 0 Å². The number of imide groups is 1. The molecule has 0 fully saturated rings. The molecule has 0 aliphatic heterocycles. The second kappa shape index (κ2) is 10.9. The predicted molar refractivity (Wildman–Crippen MR) is 109 cm³/mol. The first-order chi connectivity index (χ1) is 14.3. The van der Waals surface area contributed by atoms with Crippen LogP contribution in [-0.2, 0) is 24.3 Å². The van der Waals surface area contributed by atoms with Crippen molar-refractivity contribution in [2.24, 2.45) is 0 Å². The summed E-state index contributed by atoms with van der Waals surface area (Å²) in [5.41, 5.74) is 0.886. The van der Waals surface area contributed by atoms with E-state index in [9.17, 15) is 22.8 Å². The fourth-order valence-corrected chi connectivity index (χ4v) is 2.87. The Hall–Kier alpha value is -3.50. The van der Waals surface area contributed by atoms with Gasteiger partial charge in [-0.2, -0.15) is 0 Å². The van der Waals surface area contributed by atoms with E-state index in [0.29, 0.717) is 11.3 Å². The second-order valence-corrected chi connectivity index (χ2v) is 7.50. The Morgan fingerprint density at radius 1 is 1.00 bits per heavy atom. The Balaban J connectivity index is 1.74. The number of amides is 2. The summed E-state index contributed by atoms with van der Waals surface area (Å²) in [5, 5.41) is 2.97. The van der Waals surface area contributed by atoms with Crippen molar-refractivity contribution in [1.82, 2.24) is 10.0 Å². The van der Waals surface area contributed by atoms with E-state index in [1.807, 2.05) is 4.72 Å². The van der Waals surface area contributed by atoms with E-state index in [4.69, 9.17) is 4.74 Å². The number of nitrogens with one attached hydrogen (secondary N) is 2. The molecule has 9 nitrogen and oxygen atoms in total. The quantitative estimate of drug-likeness (QED) is 0.568. The Morgan fingerprint density at radius 3 is 2.30 bits per heavy atom. The summed E-state index contributed by atoms with van der Waals surface area (Å²) in [6.45, 7) is -1.40. The van der Waals surface area contributed by atoms with Gasteiger partial charge in [-0.05, 0) is 35.9 Å². The topological polar surface area (TPSA) is 128 Å². The lowest BCUT2D eigenvalue weighted by Gasteiger charge is -2.07. The van der Waals surface area contributed by atoms with Gasteiger partial charge in [0.15, 0.2) is 6.61 Å². The van der Waals surface area contributed by atoms with E-state index in [2.05, 4.69) is 10.1 Å². The van der Waals surface area contributed by atoms with E-state index in [-0.39, 0.29) is 5.56 Å². The highest BCUT2D eigenvalue weighted by molar-refractivity contribution is 7.92. The molecule has 0 bridgehead atoms. The smallest absolute Gasteiger partial charge is 0.321 e. The molecule has 0 spiro atoms. The SMILES string of the molecule is COc1ccc(C(=O)NC(=O)COC(=O)CNS(=O)(=O)/C=C/c2ccccc2)cc1. The first kappa shape index (κ1) is 22.8. The van der Waals surface area contributed by atoms with Gasteiger partial charge in [0, 0.05) is 11.0 Å². The van der Waals surface area contributed by atoms with Crippen molar-refractivity contribution in [1.29, 1.82) is 0 Å². The molecule has 2 aromatic carbocycles. The maximum absolute atomic E-state index is 11.9. The van der Waals surface area contributed by atoms with Crippen molar-refractivity contribution in [2.45, 2.75) is 0 Å². The fourth-order valence-electron chi connectivity index (χ4n) is 2.11. The zero-order valence-corrected chi connectivity index (χ0v) is 16.8. The lowest BCUT2D eigenvalue weighted by atomic mass is 10.2. The number of esters is 1. The second-order valence-electron chi connectivity index (χ2n) is 5.85. The first-order valence-electron chi connectivity index (χ1n) is 8.66. The average Bonchev–Trinajstić information content (AvgIpc) is 2.76. The minimum Gasteiger partial charge on any atom is -0.497 e. The highest BCUT2D eigenvalue weighted by Crippen LogP contribution is 2.11. The van der Waals surface area contributed by atoms with Gasteiger partial charge in [0.1, 0.15) is 12.3 Å². The third kappa shape index (κ3) is 7.86. The minimum atomic E-state index is -3.87. The number of sulfonamides is 1. The number of methoxy groups -OCH3 is 1. The lowest BCUT2D eigenvalue weighted by Crippen LogP contribution is -2.36. The molecule has 0 aromatic heterocycles. The van der Waals surface area contributed by atoms with E-state index in [1.54, 1.807) is 42.5 Å². The Morgan fingerprint density at radius 2 is 1.67 bits per heavy atom. The van der Waals surface area contributed by atoms with Crippen LogP contribution in [0.4, 0.5) is 0 Å². The summed E-state index contributed by atoms with van der Waals surface area (Å²) in [7, 11) is -2.39. The van der Waals surface area contributed by atoms with Gasteiger partial charge in [-0.3, -0.25) is 19.7 Å². The average molecular weight is 432 g/mol. The van der Waals surface area contributed by atoms with Gasteiger partial charge in [0.25, 0.3) is 11.8 Å². The Kier molecular flexibility index (Phi) is 8.27. The molecule has 0 atom stereocenters. The van der Waals surface area contributed by atoms with Gasteiger partial charge < -0.3 is 9.47 Å². The molecule has 0 saturated heterocycles. The summed E-state index contributed by atoms with van der Waals surface area (Å²) in [6.07, 6.45) is 1.37. The minimum absolute atomic E-state index is 0.216. The number of hydrogen-bond acceptors (Lipinski definition) is 7. The van der Waals surface area contributed by atoms with Gasteiger partial charge in [0.2, 0.25) is 10.0 Å². The number of rotatable bonds is 9. The van der Waals surface area contributed by atoms with E-state index in [0.717, 1.165) is 5.41 Å². The molecule has 30 heavy (non-hydrogen) atoms. The van der Waals surface area contributed by atoms with E-state index < -0.39 is 41.0 Å². The van der Waals surface area contributed by atoms with Crippen molar-refractivity contribution in [3.05, 3.63) is 71.1 Å². The molecule has 0 aliphatic rings. The molecule has 10 heteroatoms. The van der Waals surface area contributed by atoms with Gasteiger partial charge in [0.05, 0.1) is 7.11 Å². The van der Waals surface area contributed by atoms with Crippen LogP contribution >= 0.6 is 0 Å². The number of carbonyl (C=O) groups excluding carboxylic acids is 3. The van der Waals surface area contributed by atoms with Gasteiger partial charge >= 0.3 is 5.97 Å². The van der Waals surface area contributed by atoms with Crippen LogP contribution in [0.3, 0.4) is 0 Å². The number of carbonyl (C=O) groups is 3. The summed E-state index contributed by atoms with van der Waals surface area (Å²) in [5.74, 6) is -1.95. The highest BCUT2D eigenvalue weighted by Gasteiger charge is 2.14. The maximum atomic E-state index is 11.9. The van der Waals surface area contributed by atoms with Crippen LogP contribution in [0.25, 0.3) is 6.08 Å². The largest absolute Gasteiger partial charge is 0.497 e. The predicted octanol–water partition coefficient (Wildman–Crippen LogP) is 1.09. The van der Waals surface area contributed by atoms with Crippen LogP contribution in [0.15, 0.2) is 60.0 Å². The molecule has 2 N–H and O–H groups in total. The third-order valence-electron chi connectivity index (χ3n) is 3.63. The van der Waals surface area contributed by atoms with Crippen molar-refractivity contribution in [2.75, 3.05) is 20.3 Å². The number of hydrogen-bond donors (Lipinski definition) is 2. The van der Waals surface area contributed by atoms with E-state index in [1.165, 1.54) is 25.3 Å². The number of benzene rings is 2. The standard InChI is InChI=1S/C20H20N2O7S/c1-28-17-9-7-16(8-10-17)20(25)22-18(23)14-29-19(24)13-21-30(26,27)12-11-15-5-3-2-4-6-15/h2-12,21H,13-14H2,1H3,(H,22,23,25)/b12-11+. The first-order valence-corrected chi connectivity index (χ1v) is 10.2. The summed E-state index contributed by atoms with van der Waals surface area (Å²) in [4.78, 5) is 35.3. The van der Waals surface area contributed by atoms with Crippen molar-refractivity contribution in [3.63, 3.8) is 0 Å². The third-order valence-corrected chi connectivity index (χ3v) is 4.67. The molecule has 158 valence electrons. The molecule has 0 heterocycles. The van der Waals surface area contributed by atoms with E-state index >= 15 is 0 Å². The summed E-state index contributed by atoms with van der Waals surface area (Å²) in [6, 6.07) is 14.8. The Bertz CT molecular complexity index is 1020. The molecular formula is C20H20N2O7S. The zero-order chi connectivity index (χ0) is 22.0. The Labute approximate surface area is 173 Å². The van der Waals surface area contributed by atoms with Crippen LogP contribution in [0.5, 0.6) is 5.75 Å².